The fourth-order valence-corrected chi connectivity index (χ4v) is 1.30. The summed E-state index contributed by atoms with van der Waals surface area (Å²) < 4.78 is 5.07. The molecule has 80 valence electrons. The Hall–Kier alpha value is -1.84. The first-order valence-corrected chi connectivity index (χ1v) is 4.51. The molecular formula is C11H13NO3. The zero-order valence-electron chi connectivity index (χ0n) is 8.96. The van der Waals surface area contributed by atoms with Gasteiger partial charge in [-0.3, -0.25) is 9.59 Å². The van der Waals surface area contributed by atoms with Crippen LogP contribution in [0.25, 0.3) is 0 Å². The van der Waals surface area contributed by atoms with Gasteiger partial charge in [-0.2, -0.15) is 0 Å². The first-order valence-electron chi connectivity index (χ1n) is 4.51. The highest BCUT2D eigenvalue weighted by atomic mass is 16.5. The van der Waals surface area contributed by atoms with Crippen molar-refractivity contribution in [2.75, 3.05) is 12.4 Å². The fourth-order valence-electron chi connectivity index (χ4n) is 1.30. The van der Waals surface area contributed by atoms with E-state index in [-0.39, 0.29) is 11.7 Å². The summed E-state index contributed by atoms with van der Waals surface area (Å²) in [6, 6.07) is 5.05. The predicted molar refractivity (Wildman–Crippen MR) is 57.3 cm³/mol. The number of amides is 1. The van der Waals surface area contributed by atoms with E-state index in [1.54, 1.807) is 18.2 Å². The van der Waals surface area contributed by atoms with Crippen LogP contribution < -0.4 is 10.1 Å². The van der Waals surface area contributed by atoms with Crippen molar-refractivity contribution in [2.24, 2.45) is 0 Å². The van der Waals surface area contributed by atoms with Gasteiger partial charge in [0, 0.05) is 12.5 Å². The smallest absolute Gasteiger partial charge is 0.221 e. The van der Waals surface area contributed by atoms with Gasteiger partial charge in [0.25, 0.3) is 0 Å². The van der Waals surface area contributed by atoms with Crippen molar-refractivity contribution in [3.63, 3.8) is 0 Å². The van der Waals surface area contributed by atoms with Crippen molar-refractivity contribution in [1.82, 2.24) is 0 Å². The molecule has 0 heterocycles. The third-order valence-electron chi connectivity index (χ3n) is 1.93. The molecule has 0 aromatic heterocycles. The summed E-state index contributed by atoms with van der Waals surface area (Å²) in [4.78, 5) is 22.3. The number of anilines is 1. The fraction of sp³-hybridized carbons (Fsp3) is 0.273. The molecule has 0 aliphatic heterocycles. The Kier molecular flexibility index (Phi) is 3.44. The predicted octanol–water partition coefficient (Wildman–Crippen LogP) is 1.86. The molecule has 0 aliphatic rings. The quantitative estimate of drug-likeness (QED) is 0.769. The van der Waals surface area contributed by atoms with E-state index in [1.165, 1.54) is 21.0 Å². The van der Waals surface area contributed by atoms with Crippen molar-refractivity contribution in [3.8, 4) is 5.75 Å². The number of ketones is 1. The monoisotopic (exact) mass is 207 g/mol. The highest BCUT2D eigenvalue weighted by molar-refractivity contribution is 6.04. The van der Waals surface area contributed by atoms with Crippen LogP contribution in [0.4, 0.5) is 5.69 Å². The molecule has 1 rings (SSSR count). The maximum atomic E-state index is 11.3. The molecule has 15 heavy (non-hydrogen) atoms. The Labute approximate surface area is 88.2 Å². The van der Waals surface area contributed by atoms with Gasteiger partial charge in [-0.05, 0) is 19.1 Å². The zero-order valence-corrected chi connectivity index (χ0v) is 8.96. The third kappa shape index (κ3) is 2.56. The second kappa shape index (κ2) is 4.59. The number of carbonyl (C=O) groups is 2. The van der Waals surface area contributed by atoms with Gasteiger partial charge in [-0.1, -0.05) is 6.07 Å². The number of nitrogens with one attached hydrogen (secondary N) is 1. The zero-order chi connectivity index (χ0) is 11.4. The highest BCUT2D eigenvalue weighted by Gasteiger charge is 2.12. The maximum Gasteiger partial charge on any atom is 0.221 e. The SMILES string of the molecule is COc1cccc(C(C)=O)c1NC(C)=O. The number of Topliss-reactive ketones (excluding diaryl/α,β-unsaturated/α-hetero) is 1. The molecule has 0 radical (unpaired) electrons. The third-order valence-corrected chi connectivity index (χ3v) is 1.93. The number of carbonyl (C=O) groups excluding carboxylic acids is 2. The Balaban J connectivity index is 3.26. The molecule has 0 atom stereocenters. The summed E-state index contributed by atoms with van der Waals surface area (Å²) in [5.41, 5.74) is 0.879. The van der Waals surface area contributed by atoms with Gasteiger partial charge in [-0.15, -0.1) is 0 Å². The van der Waals surface area contributed by atoms with Crippen LogP contribution in [0.1, 0.15) is 24.2 Å². The molecule has 4 heteroatoms. The van der Waals surface area contributed by atoms with Crippen LogP contribution in [0, 0.1) is 0 Å². The van der Waals surface area contributed by atoms with Gasteiger partial charge < -0.3 is 10.1 Å². The lowest BCUT2D eigenvalue weighted by atomic mass is 10.1. The summed E-state index contributed by atoms with van der Waals surface area (Å²) in [6.45, 7) is 2.83. The molecule has 0 bridgehead atoms. The summed E-state index contributed by atoms with van der Waals surface area (Å²) in [6.07, 6.45) is 0. The maximum absolute atomic E-state index is 11.3. The van der Waals surface area contributed by atoms with E-state index in [0.717, 1.165) is 0 Å². The molecule has 0 fully saturated rings. The number of hydrogen-bond acceptors (Lipinski definition) is 3. The van der Waals surface area contributed by atoms with Crippen molar-refractivity contribution in [1.29, 1.82) is 0 Å². The molecule has 0 saturated heterocycles. The number of benzene rings is 1. The topological polar surface area (TPSA) is 55.4 Å². The van der Waals surface area contributed by atoms with Crippen LogP contribution in [-0.2, 0) is 4.79 Å². The molecule has 0 aliphatic carbocycles. The number of para-hydroxylation sites is 1. The highest BCUT2D eigenvalue weighted by Crippen LogP contribution is 2.28. The van der Waals surface area contributed by atoms with Crippen LogP contribution in [0.2, 0.25) is 0 Å². The van der Waals surface area contributed by atoms with E-state index in [9.17, 15) is 9.59 Å². The van der Waals surface area contributed by atoms with Crippen LogP contribution in [0.3, 0.4) is 0 Å². The largest absolute Gasteiger partial charge is 0.495 e. The van der Waals surface area contributed by atoms with Gasteiger partial charge in [0.15, 0.2) is 5.78 Å². The first kappa shape index (κ1) is 11.2. The summed E-state index contributed by atoms with van der Waals surface area (Å²) in [5, 5.41) is 2.59. The van der Waals surface area contributed by atoms with Gasteiger partial charge in [0.1, 0.15) is 5.75 Å². The molecule has 0 saturated carbocycles. The van der Waals surface area contributed by atoms with Gasteiger partial charge >= 0.3 is 0 Å². The Morgan fingerprint density at radius 1 is 1.27 bits per heavy atom. The second-order valence-corrected chi connectivity index (χ2v) is 3.12. The Morgan fingerprint density at radius 3 is 2.40 bits per heavy atom. The van der Waals surface area contributed by atoms with E-state index < -0.39 is 0 Å². The Morgan fingerprint density at radius 2 is 1.93 bits per heavy atom. The second-order valence-electron chi connectivity index (χ2n) is 3.12. The average Bonchev–Trinajstić information content (AvgIpc) is 2.16. The molecule has 1 aromatic rings. The molecule has 1 amide bonds. The van der Waals surface area contributed by atoms with Crippen LogP contribution in [0.5, 0.6) is 5.75 Å². The van der Waals surface area contributed by atoms with Crippen LogP contribution >= 0.6 is 0 Å². The van der Waals surface area contributed by atoms with Crippen molar-refractivity contribution in [3.05, 3.63) is 23.8 Å². The minimum atomic E-state index is -0.234. The average molecular weight is 207 g/mol. The number of methoxy groups -OCH3 is 1. The Bertz CT molecular complexity index is 399. The molecule has 0 unspecified atom stereocenters. The lowest BCUT2D eigenvalue weighted by Crippen LogP contribution is -2.11. The van der Waals surface area contributed by atoms with E-state index >= 15 is 0 Å². The molecular weight excluding hydrogens is 194 g/mol. The van der Waals surface area contributed by atoms with E-state index in [0.29, 0.717) is 17.0 Å². The van der Waals surface area contributed by atoms with Crippen LogP contribution in [-0.4, -0.2) is 18.8 Å². The number of hydrogen-bond donors (Lipinski definition) is 1. The lowest BCUT2D eigenvalue weighted by molar-refractivity contribution is -0.114. The van der Waals surface area contributed by atoms with Crippen molar-refractivity contribution in [2.45, 2.75) is 13.8 Å². The normalized spacial score (nSPS) is 9.53. The van der Waals surface area contributed by atoms with Crippen molar-refractivity contribution >= 4 is 17.4 Å². The van der Waals surface area contributed by atoms with Crippen molar-refractivity contribution < 1.29 is 14.3 Å². The van der Waals surface area contributed by atoms with Gasteiger partial charge in [-0.25, -0.2) is 0 Å². The molecule has 0 spiro atoms. The molecule has 1 N–H and O–H groups in total. The summed E-state index contributed by atoms with van der Waals surface area (Å²) in [7, 11) is 1.49. The minimum absolute atomic E-state index is 0.113. The number of rotatable bonds is 3. The minimum Gasteiger partial charge on any atom is -0.495 e. The standard InChI is InChI=1S/C11H13NO3/c1-7(13)9-5-4-6-10(15-3)11(9)12-8(2)14/h4-6H,1-3H3,(H,12,14). The first-order chi connectivity index (χ1) is 7.06. The number of ether oxygens (including phenoxy) is 1. The summed E-state index contributed by atoms with van der Waals surface area (Å²) in [5.74, 6) is 0.137. The van der Waals surface area contributed by atoms with E-state index in [1.807, 2.05) is 0 Å². The van der Waals surface area contributed by atoms with E-state index in [2.05, 4.69) is 5.32 Å². The lowest BCUT2D eigenvalue weighted by Gasteiger charge is -2.11. The van der Waals surface area contributed by atoms with Gasteiger partial charge in [0.2, 0.25) is 5.91 Å². The molecule has 1 aromatic carbocycles. The summed E-state index contributed by atoms with van der Waals surface area (Å²) >= 11 is 0. The van der Waals surface area contributed by atoms with Gasteiger partial charge in [0.05, 0.1) is 12.8 Å². The van der Waals surface area contributed by atoms with Crippen LogP contribution in [0.15, 0.2) is 18.2 Å². The molecule has 4 nitrogen and oxygen atoms in total. The van der Waals surface area contributed by atoms with E-state index in [4.69, 9.17) is 4.74 Å².